The van der Waals surface area contributed by atoms with Crippen molar-refractivity contribution in [3.05, 3.63) is 64.2 Å². The first-order valence-corrected chi connectivity index (χ1v) is 8.96. The van der Waals surface area contributed by atoms with Gasteiger partial charge in [-0.05, 0) is 72.7 Å². The lowest BCUT2D eigenvalue weighted by atomic mass is 9.81. The van der Waals surface area contributed by atoms with E-state index in [4.69, 9.17) is 16.3 Å². The molecule has 2 aromatic carbocycles. The molecule has 5 nitrogen and oxygen atoms in total. The van der Waals surface area contributed by atoms with Crippen molar-refractivity contribution in [2.45, 2.75) is 31.6 Å². The second-order valence-corrected chi connectivity index (χ2v) is 6.80. The van der Waals surface area contributed by atoms with E-state index in [1.807, 2.05) is 18.2 Å². The maximum absolute atomic E-state index is 12.3. The van der Waals surface area contributed by atoms with Crippen LogP contribution in [0.4, 0.5) is 0 Å². The SMILES string of the molecule is COc1ccc2c(c1)CCCC2CC(=O)NNC(=O)c1ccc(Cl)cc1. The van der Waals surface area contributed by atoms with Crippen LogP contribution in [0.2, 0.25) is 5.02 Å². The molecule has 0 saturated heterocycles. The summed E-state index contributed by atoms with van der Waals surface area (Å²) in [5, 5.41) is 0.554. The number of benzene rings is 2. The number of rotatable bonds is 4. The van der Waals surface area contributed by atoms with Gasteiger partial charge in [0.1, 0.15) is 5.75 Å². The van der Waals surface area contributed by atoms with Crippen LogP contribution in [0.1, 0.15) is 46.7 Å². The molecule has 0 spiro atoms. The second-order valence-electron chi connectivity index (χ2n) is 6.37. The van der Waals surface area contributed by atoms with Crippen molar-refractivity contribution in [1.29, 1.82) is 0 Å². The minimum Gasteiger partial charge on any atom is -0.497 e. The summed E-state index contributed by atoms with van der Waals surface area (Å²) in [6.07, 6.45) is 3.32. The summed E-state index contributed by atoms with van der Waals surface area (Å²) in [4.78, 5) is 24.3. The van der Waals surface area contributed by atoms with Crippen LogP contribution in [0, 0.1) is 0 Å². The predicted octanol–water partition coefficient (Wildman–Crippen LogP) is 3.62. The van der Waals surface area contributed by atoms with Crippen molar-refractivity contribution < 1.29 is 14.3 Å². The number of methoxy groups -OCH3 is 1. The Kier molecular flexibility index (Phi) is 5.78. The number of nitrogens with one attached hydrogen (secondary N) is 2. The van der Waals surface area contributed by atoms with Crippen LogP contribution in [-0.2, 0) is 11.2 Å². The Morgan fingerprint density at radius 1 is 1.15 bits per heavy atom. The number of ether oxygens (including phenoxy) is 1. The highest BCUT2D eigenvalue weighted by Crippen LogP contribution is 2.35. The summed E-state index contributed by atoms with van der Waals surface area (Å²) >= 11 is 5.80. The van der Waals surface area contributed by atoms with Crippen LogP contribution < -0.4 is 15.6 Å². The van der Waals surface area contributed by atoms with Gasteiger partial charge in [-0.3, -0.25) is 20.4 Å². The molecule has 3 rings (SSSR count). The van der Waals surface area contributed by atoms with Crippen LogP contribution in [-0.4, -0.2) is 18.9 Å². The second kappa shape index (κ2) is 8.23. The Labute approximate surface area is 157 Å². The standard InChI is InChI=1S/C20H21ClN2O3/c1-26-17-9-10-18-14(11-17)3-2-4-15(18)12-19(24)22-23-20(25)13-5-7-16(21)8-6-13/h5-11,15H,2-4,12H2,1H3,(H,22,24)(H,23,25). The zero-order valence-corrected chi connectivity index (χ0v) is 15.3. The first-order chi connectivity index (χ1) is 12.6. The number of hydrazine groups is 1. The van der Waals surface area contributed by atoms with Crippen molar-refractivity contribution in [2.75, 3.05) is 7.11 Å². The third-order valence-electron chi connectivity index (χ3n) is 4.64. The first-order valence-electron chi connectivity index (χ1n) is 8.58. The molecule has 0 bridgehead atoms. The Bertz CT molecular complexity index is 805. The van der Waals surface area contributed by atoms with Gasteiger partial charge in [0.2, 0.25) is 5.91 Å². The summed E-state index contributed by atoms with van der Waals surface area (Å²) in [6.45, 7) is 0. The smallest absolute Gasteiger partial charge is 0.269 e. The number of aryl methyl sites for hydroxylation is 1. The van der Waals surface area contributed by atoms with E-state index in [1.165, 1.54) is 11.1 Å². The van der Waals surface area contributed by atoms with Crippen molar-refractivity contribution in [2.24, 2.45) is 0 Å². The normalized spacial score (nSPS) is 15.7. The molecule has 0 radical (unpaired) electrons. The number of fused-ring (bicyclic) bond motifs is 1. The zero-order chi connectivity index (χ0) is 18.5. The van der Waals surface area contributed by atoms with Crippen LogP contribution in [0.5, 0.6) is 5.75 Å². The fraction of sp³-hybridized carbons (Fsp3) is 0.300. The van der Waals surface area contributed by atoms with Crippen molar-refractivity contribution in [3.8, 4) is 5.75 Å². The predicted molar refractivity (Wildman–Crippen MR) is 100 cm³/mol. The molecule has 0 aromatic heterocycles. The largest absolute Gasteiger partial charge is 0.497 e. The molecule has 2 N–H and O–H groups in total. The summed E-state index contributed by atoms with van der Waals surface area (Å²) in [7, 11) is 1.65. The van der Waals surface area contributed by atoms with Gasteiger partial charge >= 0.3 is 0 Å². The van der Waals surface area contributed by atoms with Gasteiger partial charge in [-0.1, -0.05) is 17.7 Å². The fourth-order valence-corrected chi connectivity index (χ4v) is 3.43. The maximum atomic E-state index is 12.3. The van der Waals surface area contributed by atoms with Gasteiger partial charge in [0.15, 0.2) is 0 Å². The number of amides is 2. The molecule has 0 fully saturated rings. The quantitative estimate of drug-likeness (QED) is 0.805. The minimum atomic E-state index is -0.371. The summed E-state index contributed by atoms with van der Waals surface area (Å²) in [5.41, 5.74) is 7.81. The van der Waals surface area contributed by atoms with Crippen molar-refractivity contribution >= 4 is 23.4 Å². The van der Waals surface area contributed by atoms with E-state index in [0.29, 0.717) is 17.0 Å². The number of hydrogen-bond donors (Lipinski definition) is 2. The molecule has 1 aliphatic rings. The van der Waals surface area contributed by atoms with Crippen molar-refractivity contribution in [1.82, 2.24) is 10.9 Å². The molecule has 0 saturated carbocycles. The molecular weight excluding hydrogens is 352 g/mol. The van der Waals surface area contributed by atoms with E-state index in [9.17, 15) is 9.59 Å². The van der Waals surface area contributed by atoms with E-state index >= 15 is 0 Å². The summed E-state index contributed by atoms with van der Waals surface area (Å²) < 4.78 is 5.28. The highest BCUT2D eigenvalue weighted by Gasteiger charge is 2.23. The molecular formula is C20H21ClN2O3. The van der Waals surface area contributed by atoms with E-state index in [-0.39, 0.29) is 17.7 Å². The van der Waals surface area contributed by atoms with E-state index in [0.717, 1.165) is 25.0 Å². The first kappa shape index (κ1) is 18.3. The van der Waals surface area contributed by atoms with E-state index < -0.39 is 0 Å². The Morgan fingerprint density at radius 3 is 2.65 bits per heavy atom. The molecule has 1 unspecified atom stereocenters. The average molecular weight is 373 g/mol. The molecule has 26 heavy (non-hydrogen) atoms. The molecule has 1 atom stereocenters. The Morgan fingerprint density at radius 2 is 1.92 bits per heavy atom. The number of halogens is 1. The minimum absolute atomic E-state index is 0.150. The molecule has 1 aliphatic carbocycles. The van der Waals surface area contributed by atoms with Crippen LogP contribution in [0.25, 0.3) is 0 Å². The molecule has 6 heteroatoms. The molecule has 136 valence electrons. The van der Waals surface area contributed by atoms with Gasteiger partial charge in [-0.15, -0.1) is 0 Å². The third-order valence-corrected chi connectivity index (χ3v) is 4.89. The lowest BCUT2D eigenvalue weighted by molar-refractivity contribution is -0.122. The molecule has 0 aliphatic heterocycles. The highest BCUT2D eigenvalue weighted by atomic mass is 35.5. The average Bonchev–Trinajstić information content (AvgIpc) is 2.66. The number of carbonyl (C=O) groups excluding carboxylic acids is 2. The molecule has 2 amide bonds. The number of carbonyl (C=O) groups is 2. The van der Waals surface area contributed by atoms with Gasteiger partial charge in [-0.2, -0.15) is 0 Å². The van der Waals surface area contributed by atoms with Crippen LogP contribution in [0.15, 0.2) is 42.5 Å². The lowest BCUT2D eigenvalue weighted by Gasteiger charge is -2.25. The van der Waals surface area contributed by atoms with Gasteiger partial charge in [0.25, 0.3) is 5.91 Å². The zero-order valence-electron chi connectivity index (χ0n) is 14.5. The molecule has 0 heterocycles. The Balaban J connectivity index is 1.57. The third kappa shape index (κ3) is 4.35. The monoisotopic (exact) mass is 372 g/mol. The molecule has 2 aromatic rings. The Hall–Kier alpha value is -2.53. The van der Waals surface area contributed by atoms with Crippen LogP contribution >= 0.6 is 11.6 Å². The van der Waals surface area contributed by atoms with Crippen molar-refractivity contribution in [3.63, 3.8) is 0 Å². The topological polar surface area (TPSA) is 67.4 Å². The summed E-state index contributed by atoms with van der Waals surface area (Å²) in [6, 6.07) is 12.5. The highest BCUT2D eigenvalue weighted by molar-refractivity contribution is 6.30. The fourth-order valence-electron chi connectivity index (χ4n) is 3.31. The van der Waals surface area contributed by atoms with E-state index in [1.54, 1.807) is 31.4 Å². The number of hydrogen-bond acceptors (Lipinski definition) is 3. The lowest BCUT2D eigenvalue weighted by Crippen LogP contribution is -2.42. The van der Waals surface area contributed by atoms with Gasteiger partial charge in [0, 0.05) is 17.0 Å². The van der Waals surface area contributed by atoms with E-state index in [2.05, 4.69) is 10.9 Å². The van der Waals surface area contributed by atoms with Crippen LogP contribution in [0.3, 0.4) is 0 Å². The summed E-state index contributed by atoms with van der Waals surface area (Å²) in [5.74, 6) is 0.408. The van der Waals surface area contributed by atoms with Gasteiger partial charge < -0.3 is 4.74 Å². The van der Waals surface area contributed by atoms with Gasteiger partial charge in [-0.25, -0.2) is 0 Å². The maximum Gasteiger partial charge on any atom is 0.269 e. The van der Waals surface area contributed by atoms with Gasteiger partial charge in [0.05, 0.1) is 7.11 Å².